The highest BCUT2D eigenvalue weighted by Crippen LogP contribution is 2.26. The van der Waals surface area contributed by atoms with E-state index in [2.05, 4.69) is 4.72 Å². The van der Waals surface area contributed by atoms with Crippen LogP contribution < -0.4 is 9.62 Å². The quantitative estimate of drug-likeness (QED) is 0.848. The van der Waals surface area contributed by atoms with E-state index in [1.807, 2.05) is 0 Å². The van der Waals surface area contributed by atoms with Crippen LogP contribution in [-0.4, -0.2) is 31.9 Å². The third kappa shape index (κ3) is 3.63. The summed E-state index contributed by atoms with van der Waals surface area (Å²) in [5.74, 6) is -2.04. The minimum Gasteiger partial charge on any atom is -0.481 e. The molecule has 1 heterocycles. The molecule has 0 aliphatic carbocycles. The number of aliphatic carboxylic acids is 1. The van der Waals surface area contributed by atoms with Gasteiger partial charge < -0.3 is 10.0 Å². The fraction of sp³-hybridized carbons (Fsp3) is 0.176. The van der Waals surface area contributed by atoms with Crippen molar-refractivity contribution < 1.29 is 23.1 Å². The molecule has 0 radical (unpaired) electrons. The van der Waals surface area contributed by atoms with Gasteiger partial charge in [0, 0.05) is 24.3 Å². The third-order valence-corrected chi connectivity index (χ3v) is 5.36. The van der Waals surface area contributed by atoms with Crippen molar-refractivity contribution in [3.05, 3.63) is 54.6 Å². The fourth-order valence-electron chi connectivity index (χ4n) is 2.65. The maximum Gasteiger partial charge on any atom is 0.308 e. The van der Waals surface area contributed by atoms with Crippen LogP contribution in [0.4, 0.5) is 11.4 Å². The minimum atomic E-state index is -3.74. The van der Waals surface area contributed by atoms with Crippen molar-refractivity contribution in [2.75, 3.05) is 16.2 Å². The molecular weight excluding hydrogens is 344 g/mol. The largest absolute Gasteiger partial charge is 0.481 e. The van der Waals surface area contributed by atoms with E-state index in [4.69, 9.17) is 5.11 Å². The van der Waals surface area contributed by atoms with Crippen LogP contribution >= 0.6 is 0 Å². The number of amides is 1. The molecule has 1 saturated heterocycles. The number of carbonyl (C=O) groups is 2. The van der Waals surface area contributed by atoms with Gasteiger partial charge in [0.2, 0.25) is 5.91 Å². The lowest BCUT2D eigenvalue weighted by Gasteiger charge is -2.16. The van der Waals surface area contributed by atoms with Crippen molar-refractivity contribution in [1.29, 1.82) is 0 Å². The van der Waals surface area contributed by atoms with Crippen LogP contribution in [-0.2, 0) is 19.6 Å². The lowest BCUT2D eigenvalue weighted by molar-refractivity contribution is -0.141. The summed E-state index contributed by atoms with van der Waals surface area (Å²) in [4.78, 5) is 24.4. The first-order valence-corrected chi connectivity index (χ1v) is 9.06. The molecular formula is C17H16N2O5S. The molecule has 1 atom stereocenters. The molecule has 2 aromatic carbocycles. The van der Waals surface area contributed by atoms with Gasteiger partial charge in [-0.3, -0.25) is 14.3 Å². The number of carboxylic acid groups (broad SMARTS) is 1. The van der Waals surface area contributed by atoms with E-state index in [0.29, 0.717) is 11.4 Å². The summed E-state index contributed by atoms with van der Waals surface area (Å²) < 4.78 is 27.2. The number of benzene rings is 2. The maximum atomic E-state index is 12.4. The van der Waals surface area contributed by atoms with Crippen molar-refractivity contribution in [2.24, 2.45) is 5.92 Å². The predicted molar refractivity (Wildman–Crippen MR) is 91.8 cm³/mol. The van der Waals surface area contributed by atoms with E-state index >= 15 is 0 Å². The Morgan fingerprint density at radius 2 is 1.72 bits per heavy atom. The molecule has 0 spiro atoms. The number of nitrogens with one attached hydrogen (secondary N) is 1. The molecule has 3 rings (SSSR count). The topological polar surface area (TPSA) is 104 Å². The molecule has 0 bridgehead atoms. The Hall–Kier alpha value is -2.87. The monoisotopic (exact) mass is 360 g/mol. The fourth-order valence-corrected chi connectivity index (χ4v) is 3.71. The van der Waals surface area contributed by atoms with Crippen molar-refractivity contribution >= 4 is 33.3 Å². The summed E-state index contributed by atoms with van der Waals surface area (Å²) in [6, 6.07) is 14.3. The van der Waals surface area contributed by atoms with Crippen molar-refractivity contribution in [2.45, 2.75) is 11.3 Å². The Balaban J connectivity index is 1.78. The molecule has 7 nitrogen and oxygen atoms in total. The van der Waals surface area contributed by atoms with E-state index in [-0.39, 0.29) is 23.8 Å². The molecule has 2 N–H and O–H groups in total. The van der Waals surface area contributed by atoms with E-state index in [1.54, 1.807) is 30.3 Å². The van der Waals surface area contributed by atoms with E-state index in [0.717, 1.165) is 0 Å². The van der Waals surface area contributed by atoms with Crippen molar-refractivity contribution in [3.8, 4) is 0 Å². The maximum absolute atomic E-state index is 12.4. The molecule has 8 heteroatoms. The summed E-state index contributed by atoms with van der Waals surface area (Å²) in [5.41, 5.74) is 0.929. The Bertz CT molecular complexity index is 894. The number of hydrogen-bond acceptors (Lipinski definition) is 4. The number of para-hydroxylation sites is 1. The molecule has 1 aliphatic rings. The first kappa shape index (κ1) is 17.0. The van der Waals surface area contributed by atoms with Crippen LogP contribution in [0.25, 0.3) is 0 Å². The summed E-state index contributed by atoms with van der Waals surface area (Å²) in [5, 5.41) is 9.02. The highest BCUT2D eigenvalue weighted by atomic mass is 32.2. The second-order valence-electron chi connectivity index (χ2n) is 5.71. The van der Waals surface area contributed by atoms with Crippen LogP contribution in [0.15, 0.2) is 59.5 Å². The van der Waals surface area contributed by atoms with Crippen molar-refractivity contribution in [3.63, 3.8) is 0 Å². The Kier molecular flexibility index (Phi) is 4.45. The van der Waals surface area contributed by atoms with E-state index in [1.165, 1.54) is 29.2 Å². The van der Waals surface area contributed by atoms with Crippen molar-refractivity contribution in [1.82, 2.24) is 0 Å². The first-order chi connectivity index (χ1) is 11.9. The van der Waals surface area contributed by atoms with Crippen LogP contribution in [0.3, 0.4) is 0 Å². The Labute approximate surface area is 144 Å². The predicted octanol–water partition coefficient (Wildman–Crippen LogP) is 1.92. The number of carbonyl (C=O) groups excluding carboxylic acids is 1. The molecule has 1 unspecified atom stereocenters. The van der Waals surface area contributed by atoms with Crippen LogP contribution in [0, 0.1) is 5.92 Å². The van der Waals surface area contributed by atoms with Gasteiger partial charge in [0.1, 0.15) is 0 Å². The summed E-state index contributed by atoms with van der Waals surface area (Å²) in [6.07, 6.45) is -0.0506. The normalized spacial score (nSPS) is 17.5. The van der Waals surface area contributed by atoms with Gasteiger partial charge in [-0.25, -0.2) is 8.42 Å². The summed E-state index contributed by atoms with van der Waals surface area (Å²) >= 11 is 0. The SMILES string of the molecule is O=C(O)C1CC(=O)N(c2ccc(S(=O)(=O)Nc3ccccc3)cc2)C1. The zero-order chi connectivity index (χ0) is 18.0. The zero-order valence-electron chi connectivity index (χ0n) is 13.1. The molecule has 1 aliphatic heterocycles. The average Bonchev–Trinajstić information content (AvgIpc) is 2.98. The summed E-state index contributed by atoms with van der Waals surface area (Å²) in [7, 11) is -3.74. The van der Waals surface area contributed by atoms with Gasteiger partial charge in [-0.05, 0) is 36.4 Å². The molecule has 25 heavy (non-hydrogen) atoms. The lowest BCUT2D eigenvalue weighted by Crippen LogP contribution is -2.25. The number of sulfonamides is 1. The second-order valence-corrected chi connectivity index (χ2v) is 7.39. The number of rotatable bonds is 5. The number of anilines is 2. The molecule has 1 fully saturated rings. The van der Waals surface area contributed by atoms with Crippen LogP contribution in [0.1, 0.15) is 6.42 Å². The van der Waals surface area contributed by atoms with Gasteiger partial charge in [0.15, 0.2) is 0 Å². The highest BCUT2D eigenvalue weighted by molar-refractivity contribution is 7.92. The number of nitrogens with zero attached hydrogens (tertiary/aromatic N) is 1. The molecule has 0 aromatic heterocycles. The first-order valence-electron chi connectivity index (χ1n) is 7.58. The second kappa shape index (κ2) is 6.56. The standard InChI is InChI=1S/C17H16N2O5S/c20-16-10-12(17(21)22)11-19(16)14-6-8-15(9-7-14)25(23,24)18-13-4-2-1-3-5-13/h1-9,12,18H,10-11H2,(H,21,22). The highest BCUT2D eigenvalue weighted by Gasteiger charge is 2.35. The molecule has 1 amide bonds. The van der Waals surface area contributed by atoms with Gasteiger partial charge in [-0.1, -0.05) is 18.2 Å². The van der Waals surface area contributed by atoms with Gasteiger partial charge >= 0.3 is 5.97 Å². The minimum absolute atomic E-state index is 0.0506. The Morgan fingerprint density at radius 3 is 2.28 bits per heavy atom. The van der Waals surface area contributed by atoms with Crippen LogP contribution in [0.5, 0.6) is 0 Å². The van der Waals surface area contributed by atoms with E-state index in [9.17, 15) is 18.0 Å². The van der Waals surface area contributed by atoms with Gasteiger partial charge in [-0.2, -0.15) is 0 Å². The van der Waals surface area contributed by atoms with Crippen LogP contribution in [0.2, 0.25) is 0 Å². The van der Waals surface area contributed by atoms with Gasteiger partial charge in [0.05, 0.1) is 10.8 Å². The number of hydrogen-bond donors (Lipinski definition) is 2. The molecule has 2 aromatic rings. The smallest absolute Gasteiger partial charge is 0.308 e. The summed E-state index contributed by atoms with van der Waals surface area (Å²) in [6.45, 7) is 0.0858. The van der Waals surface area contributed by atoms with E-state index < -0.39 is 21.9 Å². The third-order valence-electron chi connectivity index (χ3n) is 3.96. The van der Waals surface area contributed by atoms with Gasteiger partial charge in [-0.15, -0.1) is 0 Å². The van der Waals surface area contributed by atoms with Gasteiger partial charge in [0.25, 0.3) is 10.0 Å². The average molecular weight is 360 g/mol. The number of carboxylic acids is 1. The molecule has 130 valence electrons. The Morgan fingerprint density at radius 1 is 1.08 bits per heavy atom. The zero-order valence-corrected chi connectivity index (χ0v) is 13.9. The molecule has 0 saturated carbocycles. The lowest BCUT2D eigenvalue weighted by atomic mass is 10.1.